The molecule has 8 heteroatoms. The molecule has 0 spiro atoms. The lowest BCUT2D eigenvalue weighted by Gasteiger charge is -2.31. The van der Waals surface area contributed by atoms with E-state index >= 15 is 0 Å². The van der Waals surface area contributed by atoms with Gasteiger partial charge in [-0.2, -0.15) is 0 Å². The number of carbonyl (C=O) groups excluding carboxylic acids is 2. The summed E-state index contributed by atoms with van der Waals surface area (Å²) in [6.07, 6.45) is 6.11. The van der Waals surface area contributed by atoms with Gasteiger partial charge in [-0.15, -0.1) is 6.58 Å². The minimum Gasteiger partial charge on any atom is -0.461 e. The van der Waals surface area contributed by atoms with Gasteiger partial charge >= 0.3 is 19.8 Å². The van der Waals surface area contributed by atoms with Gasteiger partial charge in [0.25, 0.3) is 0 Å². The third-order valence-corrected chi connectivity index (χ3v) is 4.72. The van der Waals surface area contributed by atoms with E-state index in [2.05, 4.69) is 17.7 Å². The van der Waals surface area contributed by atoms with Crippen molar-refractivity contribution in [2.75, 3.05) is 13.2 Å². The standard InChI is InChI=1S/C18H31O7P/c1-5-9-11-18(12-10-6-2,15-16(19)23-13-7-3)17(20)25-26(21,22)24-14-8-4/h7-8H,3-6,9-15H2,1-2H3,(H,21,22). The second-order valence-corrected chi connectivity index (χ2v) is 7.45. The molecule has 0 saturated heterocycles. The maximum Gasteiger partial charge on any atom is 0.529 e. The SMILES string of the molecule is C=CCOC(=O)CC(CCCC)(CCCC)C(=O)OP(=O)(O)OCC=C. The number of hydrogen-bond acceptors (Lipinski definition) is 6. The molecule has 7 nitrogen and oxygen atoms in total. The molecule has 26 heavy (non-hydrogen) atoms. The number of unbranched alkanes of at least 4 members (excludes halogenated alkanes) is 2. The predicted octanol–water partition coefficient (Wildman–Crippen LogP) is 4.32. The van der Waals surface area contributed by atoms with Crippen LogP contribution >= 0.6 is 7.82 Å². The van der Waals surface area contributed by atoms with E-state index in [1.807, 2.05) is 13.8 Å². The van der Waals surface area contributed by atoms with Crippen LogP contribution in [0.1, 0.15) is 58.8 Å². The average Bonchev–Trinajstić information content (AvgIpc) is 2.60. The third kappa shape index (κ3) is 9.32. The van der Waals surface area contributed by atoms with Gasteiger partial charge in [-0.05, 0) is 12.8 Å². The first-order valence-electron chi connectivity index (χ1n) is 8.85. The Kier molecular flexibility index (Phi) is 12.1. The number of carbonyl (C=O) groups is 2. The molecule has 0 bridgehead atoms. The first kappa shape index (κ1) is 24.6. The first-order valence-corrected chi connectivity index (χ1v) is 10.3. The zero-order chi connectivity index (χ0) is 20.1. The van der Waals surface area contributed by atoms with Crippen LogP contribution in [0.3, 0.4) is 0 Å². The fraction of sp³-hybridized carbons (Fsp3) is 0.667. The van der Waals surface area contributed by atoms with E-state index in [-0.39, 0.29) is 19.6 Å². The quantitative estimate of drug-likeness (QED) is 0.252. The molecule has 0 aromatic heterocycles. The molecule has 0 aromatic carbocycles. The van der Waals surface area contributed by atoms with Crippen molar-refractivity contribution < 1.29 is 32.8 Å². The van der Waals surface area contributed by atoms with Crippen molar-refractivity contribution in [2.45, 2.75) is 58.8 Å². The van der Waals surface area contributed by atoms with E-state index in [0.717, 1.165) is 12.8 Å². The molecular weight excluding hydrogens is 359 g/mol. The molecule has 1 N–H and O–H groups in total. The molecule has 0 rings (SSSR count). The van der Waals surface area contributed by atoms with E-state index in [0.29, 0.717) is 25.7 Å². The second kappa shape index (κ2) is 12.8. The van der Waals surface area contributed by atoms with Crippen LogP contribution in [0, 0.1) is 5.41 Å². The zero-order valence-electron chi connectivity index (χ0n) is 15.8. The summed E-state index contributed by atoms with van der Waals surface area (Å²) in [5.41, 5.74) is -1.22. The van der Waals surface area contributed by atoms with Gasteiger partial charge < -0.3 is 9.26 Å². The van der Waals surface area contributed by atoms with Crippen molar-refractivity contribution in [2.24, 2.45) is 5.41 Å². The monoisotopic (exact) mass is 390 g/mol. The van der Waals surface area contributed by atoms with E-state index < -0.39 is 25.2 Å². The summed E-state index contributed by atoms with van der Waals surface area (Å²) in [5, 5.41) is 0. The Morgan fingerprint density at radius 3 is 2.08 bits per heavy atom. The highest BCUT2D eigenvalue weighted by molar-refractivity contribution is 7.48. The predicted molar refractivity (Wildman–Crippen MR) is 99.3 cm³/mol. The largest absolute Gasteiger partial charge is 0.529 e. The highest BCUT2D eigenvalue weighted by Crippen LogP contribution is 2.48. The first-order chi connectivity index (χ1) is 12.3. The minimum absolute atomic E-state index is 0.0342. The molecule has 0 saturated carbocycles. The number of rotatable bonds is 15. The second-order valence-electron chi connectivity index (χ2n) is 6.07. The summed E-state index contributed by atoms with van der Waals surface area (Å²) >= 11 is 0. The Morgan fingerprint density at radius 2 is 1.62 bits per heavy atom. The summed E-state index contributed by atoms with van der Waals surface area (Å²) in [4.78, 5) is 34.6. The van der Waals surface area contributed by atoms with Crippen LogP contribution in [0.25, 0.3) is 0 Å². The summed E-state index contributed by atoms with van der Waals surface area (Å²) < 4.78 is 26.4. The Bertz CT molecular complexity index is 508. The molecule has 150 valence electrons. The van der Waals surface area contributed by atoms with Crippen molar-refractivity contribution in [3.63, 3.8) is 0 Å². The van der Waals surface area contributed by atoms with Crippen LogP contribution in [0.5, 0.6) is 0 Å². The number of ether oxygens (including phenoxy) is 1. The van der Waals surface area contributed by atoms with Gasteiger partial charge in [0, 0.05) is 0 Å². The van der Waals surface area contributed by atoms with Crippen LogP contribution in [0.4, 0.5) is 0 Å². The summed E-state index contributed by atoms with van der Waals surface area (Å²) in [7, 11) is -4.58. The topological polar surface area (TPSA) is 99.1 Å². The van der Waals surface area contributed by atoms with Crippen LogP contribution in [0.15, 0.2) is 25.3 Å². The molecule has 0 aliphatic heterocycles. The maximum atomic E-state index is 12.8. The fourth-order valence-corrected chi connectivity index (χ4v) is 3.21. The van der Waals surface area contributed by atoms with Gasteiger partial charge in [-0.25, -0.2) is 4.57 Å². The zero-order valence-corrected chi connectivity index (χ0v) is 16.7. The molecule has 0 radical (unpaired) electrons. The molecular formula is C18H31O7P. The summed E-state index contributed by atoms with van der Waals surface area (Å²) in [5.74, 6) is -1.49. The van der Waals surface area contributed by atoms with Crippen molar-refractivity contribution >= 4 is 19.8 Å². The number of phosphoric ester groups is 1. The minimum atomic E-state index is -4.58. The lowest BCUT2D eigenvalue weighted by atomic mass is 9.75. The molecule has 0 fully saturated rings. The van der Waals surface area contributed by atoms with Gasteiger partial charge in [-0.3, -0.25) is 19.0 Å². The molecule has 0 aliphatic rings. The number of phosphoric acid groups is 1. The van der Waals surface area contributed by atoms with E-state index in [1.165, 1.54) is 12.2 Å². The molecule has 0 heterocycles. The normalized spacial score (nSPS) is 13.5. The lowest BCUT2D eigenvalue weighted by molar-refractivity contribution is -0.158. The average molecular weight is 390 g/mol. The lowest BCUT2D eigenvalue weighted by Crippen LogP contribution is -2.36. The highest BCUT2D eigenvalue weighted by atomic mass is 31.2. The molecule has 0 aromatic rings. The maximum absolute atomic E-state index is 12.8. The van der Waals surface area contributed by atoms with E-state index in [9.17, 15) is 19.0 Å². The van der Waals surface area contributed by atoms with Gasteiger partial charge in [0.1, 0.15) is 6.61 Å². The summed E-state index contributed by atoms with van der Waals surface area (Å²) in [6, 6.07) is 0. The highest BCUT2D eigenvalue weighted by Gasteiger charge is 2.44. The molecule has 1 atom stereocenters. The Balaban J connectivity index is 5.48. The van der Waals surface area contributed by atoms with Crippen LogP contribution in [0.2, 0.25) is 0 Å². The van der Waals surface area contributed by atoms with Gasteiger partial charge in [0.05, 0.1) is 18.4 Å². The van der Waals surface area contributed by atoms with Crippen molar-refractivity contribution in [3.8, 4) is 0 Å². The van der Waals surface area contributed by atoms with Crippen LogP contribution in [-0.2, 0) is 27.9 Å². The molecule has 1 unspecified atom stereocenters. The number of hydrogen-bond donors (Lipinski definition) is 1. The number of esters is 1. The molecule has 0 amide bonds. The van der Waals surface area contributed by atoms with Crippen molar-refractivity contribution in [1.82, 2.24) is 0 Å². The summed E-state index contributed by atoms with van der Waals surface area (Å²) in [6.45, 7) is 10.6. The fourth-order valence-electron chi connectivity index (χ4n) is 2.46. The van der Waals surface area contributed by atoms with Crippen molar-refractivity contribution in [3.05, 3.63) is 25.3 Å². The van der Waals surface area contributed by atoms with Crippen molar-refractivity contribution in [1.29, 1.82) is 0 Å². The molecule has 0 aliphatic carbocycles. The van der Waals surface area contributed by atoms with E-state index in [1.54, 1.807) is 0 Å². The van der Waals surface area contributed by atoms with Gasteiger partial charge in [0.15, 0.2) is 0 Å². The van der Waals surface area contributed by atoms with Gasteiger partial charge in [0.2, 0.25) is 0 Å². The Hall–Kier alpha value is -1.43. The van der Waals surface area contributed by atoms with Gasteiger partial charge in [-0.1, -0.05) is 58.3 Å². The Morgan fingerprint density at radius 1 is 1.08 bits per heavy atom. The van der Waals surface area contributed by atoms with Crippen LogP contribution < -0.4 is 0 Å². The van der Waals surface area contributed by atoms with Crippen LogP contribution in [-0.4, -0.2) is 30.0 Å². The third-order valence-electron chi connectivity index (χ3n) is 3.85. The van der Waals surface area contributed by atoms with E-state index in [4.69, 9.17) is 9.26 Å². The Labute approximate surface area is 156 Å². The smallest absolute Gasteiger partial charge is 0.461 e.